The molecule has 4 heteroatoms. The van der Waals surface area contributed by atoms with E-state index in [1.165, 1.54) is 16.5 Å². The van der Waals surface area contributed by atoms with Crippen molar-refractivity contribution in [2.45, 2.75) is 12.5 Å². The molecule has 0 fully saturated rings. The molecule has 3 rings (SSSR count). The maximum Gasteiger partial charge on any atom is 0.0914 e. The Morgan fingerprint density at radius 3 is 2.83 bits per heavy atom. The molecule has 0 aliphatic heterocycles. The molecule has 0 saturated heterocycles. The van der Waals surface area contributed by atoms with Crippen molar-refractivity contribution >= 4 is 22.5 Å². The second-order valence-corrected chi connectivity index (χ2v) is 6.24. The number of aromatic nitrogens is 1. The van der Waals surface area contributed by atoms with Crippen LogP contribution in [0.2, 0.25) is 5.02 Å². The molecule has 0 bridgehead atoms. The number of rotatable bonds is 6. The zero-order valence-electron chi connectivity index (χ0n) is 13.2. The summed E-state index contributed by atoms with van der Waals surface area (Å²) in [5.74, 6) is 0. The molecule has 1 atom stereocenters. The van der Waals surface area contributed by atoms with E-state index in [9.17, 15) is 5.11 Å². The normalized spacial score (nSPS) is 12.7. The number of para-hydroxylation sites is 1. The largest absolute Gasteiger partial charge is 0.387 e. The summed E-state index contributed by atoms with van der Waals surface area (Å²) < 4.78 is 2.16. The highest BCUT2D eigenvalue weighted by Gasteiger charge is 2.08. The monoisotopic (exact) mass is 328 g/mol. The van der Waals surface area contributed by atoms with Crippen LogP contribution in [0.15, 0.2) is 54.7 Å². The van der Waals surface area contributed by atoms with Crippen molar-refractivity contribution < 1.29 is 5.11 Å². The molecule has 120 valence electrons. The first-order valence-corrected chi connectivity index (χ1v) is 8.20. The molecule has 2 aromatic carbocycles. The summed E-state index contributed by atoms with van der Waals surface area (Å²) in [6.07, 6.45) is 2.57. The van der Waals surface area contributed by atoms with E-state index in [2.05, 4.69) is 47.4 Å². The Morgan fingerprint density at radius 2 is 2.00 bits per heavy atom. The van der Waals surface area contributed by atoms with Gasteiger partial charge in [0.25, 0.3) is 0 Å². The number of hydrogen-bond acceptors (Lipinski definition) is 2. The van der Waals surface area contributed by atoms with E-state index in [1.807, 2.05) is 18.2 Å². The molecule has 23 heavy (non-hydrogen) atoms. The van der Waals surface area contributed by atoms with E-state index in [0.29, 0.717) is 11.6 Å². The summed E-state index contributed by atoms with van der Waals surface area (Å²) in [7, 11) is 2.07. The first-order chi connectivity index (χ1) is 11.1. The second-order valence-electron chi connectivity index (χ2n) is 5.81. The van der Waals surface area contributed by atoms with E-state index in [-0.39, 0.29) is 0 Å². The molecule has 1 unspecified atom stereocenters. The van der Waals surface area contributed by atoms with Crippen LogP contribution in [-0.2, 0) is 13.5 Å². The van der Waals surface area contributed by atoms with Crippen molar-refractivity contribution in [3.63, 3.8) is 0 Å². The van der Waals surface area contributed by atoms with Gasteiger partial charge in [0.15, 0.2) is 0 Å². The SMILES string of the molecule is Cn1cc(CCNCC(O)c2cccc(Cl)c2)c2ccccc21. The summed E-state index contributed by atoms with van der Waals surface area (Å²) >= 11 is 5.95. The standard InChI is InChI=1S/C19H21ClN2O/c1-22-13-15(17-7-2-3-8-18(17)22)9-10-21-12-19(23)14-5-4-6-16(20)11-14/h2-8,11,13,19,21,23H,9-10,12H2,1H3. The van der Waals surface area contributed by atoms with Gasteiger partial charge in [-0.2, -0.15) is 0 Å². The van der Waals surface area contributed by atoms with Gasteiger partial charge in [-0.1, -0.05) is 41.9 Å². The third-order valence-electron chi connectivity index (χ3n) is 4.12. The minimum Gasteiger partial charge on any atom is -0.387 e. The summed E-state index contributed by atoms with van der Waals surface area (Å²) in [5, 5.41) is 15.5. The predicted octanol–water partition coefficient (Wildman–Crippen LogP) is 3.70. The molecular formula is C19H21ClN2O. The van der Waals surface area contributed by atoms with Gasteiger partial charge in [0.1, 0.15) is 0 Å². The molecule has 0 aliphatic rings. The van der Waals surface area contributed by atoms with Crippen LogP contribution in [0.1, 0.15) is 17.2 Å². The zero-order chi connectivity index (χ0) is 16.2. The maximum absolute atomic E-state index is 10.2. The van der Waals surface area contributed by atoms with Gasteiger partial charge in [-0.05, 0) is 42.3 Å². The molecule has 2 N–H and O–H groups in total. The van der Waals surface area contributed by atoms with E-state index < -0.39 is 6.10 Å². The van der Waals surface area contributed by atoms with E-state index >= 15 is 0 Å². The molecule has 3 aromatic rings. The Morgan fingerprint density at radius 1 is 1.17 bits per heavy atom. The summed E-state index contributed by atoms with van der Waals surface area (Å²) in [6, 6.07) is 15.8. The molecule has 1 heterocycles. The molecule has 0 saturated carbocycles. The number of aryl methyl sites for hydroxylation is 1. The summed E-state index contributed by atoms with van der Waals surface area (Å²) in [6.45, 7) is 1.34. The minimum atomic E-state index is -0.541. The number of nitrogens with zero attached hydrogens (tertiary/aromatic N) is 1. The Labute approximate surface area is 141 Å². The fourth-order valence-electron chi connectivity index (χ4n) is 2.92. The number of nitrogens with one attached hydrogen (secondary N) is 1. The van der Waals surface area contributed by atoms with Crippen LogP contribution in [-0.4, -0.2) is 22.8 Å². The van der Waals surface area contributed by atoms with Crippen LogP contribution in [0, 0.1) is 0 Å². The first kappa shape index (κ1) is 16.1. The number of hydrogen-bond donors (Lipinski definition) is 2. The second kappa shape index (κ2) is 7.18. The number of aliphatic hydroxyl groups excluding tert-OH is 1. The molecule has 0 amide bonds. The van der Waals surface area contributed by atoms with Crippen LogP contribution < -0.4 is 5.32 Å². The van der Waals surface area contributed by atoms with Gasteiger partial charge in [-0.25, -0.2) is 0 Å². The van der Waals surface area contributed by atoms with Gasteiger partial charge in [0, 0.05) is 35.7 Å². The topological polar surface area (TPSA) is 37.2 Å². The maximum atomic E-state index is 10.2. The van der Waals surface area contributed by atoms with Crippen LogP contribution in [0.25, 0.3) is 10.9 Å². The lowest BCUT2D eigenvalue weighted by Gasteiger charge is -2.12. The van der Waals surface area contributed by atoms with E-state index in [0.717, 1.165) is 18.5 Å². The van der Waals surface area contributed by atoms with Crippen LogP contribution in [0.5, 0.6) is 0 Å². The van der Waals surface area contributed by atoms with Gasteiger partial charge in [-0.15, -0.1) is 0 Å². The Balaban J connectivity index is 1.55. The van der Waals surface area contributed by atoms with Gasteiger partial charge >= 0.3 is 0 Å². The number of benzene rings is 2. The van der Waals surface area contributed by atoms with Gasteiger partial charge in [0.05, 0.1) is 6.10 Å². The molecule has 0 aliphatic carbocycles. The molecule has 3 nitrogen and oxygen atoms in total. The Hall–Kier alpha value is -1.81. The average molecular weight is 329 g/mol. The fraction of sp³-hybridized carbons (Fsp3) is 0.263. The lowest BCUT2D eigenvalue weighted by Crippen LogP contribution is -2.23. The van der Waals surface area contributed by atoms with Crippen molar-refractivity contribution in [3.8, 4) is 0 Å². The number of fused-ring (bicyclic) bond motifs is 1. The van der Waals surface area contributed by atoms with Crippen LogP contribution in [0.4, 0.5) is 0 Å². The highest BCUT2D eigenvalue weighted by Crippen LogP contribution is 2.20. The number of aliphatic hydroxyl groups is 1. The number of halogens is 1. The van der Waals surface area contributed by atoms with Gasteiger partial charge in [-0.3, -0.25) is 0 Å². The summed E-state index contributed by atoms with van der Waals surface area (Å²) in [5.41, 5.74) is 3.42. The predicted molar refractivity (Wildman–Crippen MR) is 95.9 cm³/mol. The van der Waals surface area contributed by atoms with Gasteiger partial charge in [0.2, 0.25) is 0 Å². The Kier molecular flexibility index (Phi) is 5.01. The third kappa shape index (κ3) is 3.75. The lowest BCUT2D eigenvalue weighted by molar-refractivity contribution is 0.175. The van der Waals surface area contributed by atoms with Crippen molar-refractivity contribution in [2.75, 3.05) is 13.1 Å². The first-order valence-electron chi connectivity index (χ1n) is 7.82. The molecule has 0 radical (unpaired) electrons. The Bertz CT molecular complexity index is 797. The zero-order valence-corrected chi connectivity index (χ0v) is 13.9. The minimum absolute atomic E-state index is 0.519. The molecule has 1 aromatic heterocycles. The van der Waals surface area contributed by atoms with Gasteiger partial charge < -0.3 is 15.0 Å². The highest BCUT2D eigenvalue weighted by molar-refractivity contribution is 6.30. The smallest absolute Gasteiger partial charge is 0.0914 e. The molecular weight excluding hydrogens is 308 g/mol. The van der Waals surface area contributed by atoms with Crippen molar-refractivity contribution in [1.82, 2.24) is 9.88 Å². The molecule has 0 spiro atoms. The van der Waals surface area contributed by atoms with E-state index in [1.54, 1.807) is 6.07 Å². The summed E-state index contributed by atoms with van der Waals surface area (Å²) in [4.78, 5) is 0. The van der Waals surface area contributed by atoms with E-state index in [4.69, 9.17) is 11.6 Å². The van der Waals surface area contributed by atoms with Crippen LogP contribution >= 0.6 is 11.6 Å². The quantitative estimate of drug-likeness (QED) is 0.677. The van der Waals surface area contributed by atoms with Crippen LogP contribution in [0.3, 0.4) is 0 Å². The third-order valence-corrected chi connectivity index (χ3v) is 4.36. The van der Waals surface area contributed by atoms with Crippen molar-refractivity contribution in [2.24, 2.45) is 7.05 Å². The van der Waals surface area contributed by atoms with Crippen molar-refractivity contribution in [3.05, 3.63) is 70.9 Å². The van der Waals surface area contributed by atoms with Crippen molar-refractivity contribution in [1.29, 1.82) is 0 Å². The highest BCUT2D eigenvalue weighted by atomic mass is 35.5. The fourth-order valence-corrected chi connectivity index (χ4v) is 3.12. The average Bonchev–Trinajstić information content (AvgIpc) is 2.88. The lowest BCUT2D eigenvalue weighted by atomic mass is 10.1.